The number of anilines is 1. The zero-order valence-electron chi connectivity index (χ0n) is 22.6. The van der Waals surface area contributed by atoms with Gasteiger partial charge in [-0.2, -0.15) is 0 Å². The lowest BCUT2D eigenvalue weighted by Crippen LogP contribution is -2.54. The Hall–Kier alpha value is -2.59. The van der Waals surface area contributed by atoms with Crippen LogP contribution in [0.25, 0.3) is 0 Å². The van der Waals surface area contributed by atoms with Crippen LogP contribution in [-0.4, -0.2) is 50.0 Å². The van der Waals surface area contributed by atoms with Gasteiger partial charge >= 0.3 is 0 Å². The number of carbonyl (C=O) groups is 2. The van der Waals surface area contributed by atoms with Crippen molar-refractivity contribution in [2.45, 2.75) is 50.7 Å². The van der Waals surface area contributed by atoms with Crippen LogP contribution < -0.4 is 9.62 Å². The maximum Gasteiger partial charge on any atom is 0.244 e. The Morgan fingerprint density at radius 2 is 1.61 bits per heavy atom. The summed E-state index contributed by atoms with van der Waals surface area (Å²) < 4.78 is 27.4. The van der Waals surface area contributed by atoms with Crippen molar-refractivity contribution in [1.82, 2.24) is 10.2 Å². The van der Waals surface area contributed by atoms with Gasteiger partial charge in [0.05, 0.1) is 22.0 Å². The van der Waals surface area contributed by atoms with Crippen molar-refractivity contribution in [3.8, 4) is 0 Å². The van der Waals surface area contributed by atoms with Crippen LogP contribution in [0.4, 0.5) is 5.69 Å². The topological polar surface area (TPSA) is 86.8 Å². The molecule has 0 aliphatic heterocycles. The highest BCUT2D eigenvalue weighted by molar-refractivity contribution is 9.10. The highest BCUT2D eigenvalue weighted by atomic mass is 79.9. The molecule has 0 aromatic heterocycles. The highest BCUT2D eigenvalue weighted by Crippen LogP contribution is 2.29. The minimum absolute atomic E-state index is 0.0267. The number of benzene rings is 3. The van der Waals surface area contributed by atoms with Crippen LogP contribution in [0.3, 0.4) is 0 Å². The first kappa shape index (κ1) is 31.3. The Morgan fingerprint density at radius 1 is 0.951 bits per heavy atom. The van der Waals surface area contributed by atoms with Gasteiger partial charge < -0.3 is 10.2 Å². The number of hydrogen-bond acceptors (Lipinski definition) is 4. The van der Waals surface area contributed by atoms with E-state index in [0.29, 0.717) is 25.8 Å². The predicted molar refractivity (Wildman–Crippen MR) is 168 cm³/mol. The Labute approximate surface area is 260 Å². The third-order valence-electron chi connectivity index (χ3n) is 7.11. The fourth-order valence-electron chi connectivity index (χ4n) is 5.00. The number of sulfonamides is 1. The minimum atomic E-state index is -3.86. The van der Waals surface area contributed by atoms with E-state index in [0.717, 1.165) is 41.8 Å². The summed E-state index contributed by atoms with van der Waals surface area (Å²) in [5.41, 5.74) is 1.86. The van der Waals surface area contributed by atoms with Crippen LogP contribution >= 0.6 is 39.1 Å². The lowest BCUT2D eigenvalue weighted by atomic mass is 10.0. The van der Waals surface area contributed by atoms with Crippen LogP contribution in [0.2, 0.25) is 10.0 Å². The smallest absolute Gasteiger partial charge is 0.244 e. The van der Waals surface area contributed by atoms with E-state index in [2.05, 4.69) is 21.2 Å². The summed E-state index contributed by atoms with van der Waals surface area (Å²) in [5, 5.41) is 3.83. The third-order valence-corrected chi connectivity index (χ3v) is 9.65. The van der Waals surface area contributed by atoms with Crippen molar-refractivity contribution >= 4 is 66.7 Å². The van der Waals surface area contributed by atoms with E-state index in [4.69, 9.17) is 23.2 Å². The average molecular weight is 681 g/mol. The van der Waals surface area contributed by atoms with Gasteiger partial charge in [0.2, 0.25) is 21.8 Å². The summed E-state index contributed by atoms with van der Waals surface area (Å²) in [4.78, 5) is 29.5. The van der Waals surface area contributed by atoms with Crippen LogP contribution in [0.15, 0.2) is 77.3 Å². The first-order valence-corrected chi connectivity index (χ1v) is 16.7. The quantitative estimate of drug-likeness (QED) is 0.261. The fraction of sp³-hybridized carbons (Fsp3) is 0.333. The number of halogens is 3. The molecule has 11 heteroatoms. The molecule has 0 bridgehead atoms. The number of hydrogen-bond donors (Lipinski definition) is 1. The zero-order chi connectivity index (χ0) is 29.6. The summed E-state index contributed by atoms with van der Waals surface area (Å²) in [6.45, 7) is -0.469. The summed E-state index contributed by atoms with van der Waals surface area (Å²) >= 11 is 15.8. The first-order chi connectivity index (χ1) is 19.5. The minimum Gasteiger partial charge on any atom is -0.352 e. The molecule has 1 N–H and O–H groups in total. The maximum absolute atomic E-state index is 14.2. The third kappa shape index (κ3) is 8.47. The van der Waals surface area contributed by atoms with Gasteiger partial charge in [0.15, 0.2) is 0 Å². The molecule has 1 aliphatic carbocycles. The molecule has 0 spiro atoms. The second kappa shape index (κ2) is 14.1. The van der Waals surface area contributed by atoms with Gasteiger partial charge in [0, 0.05) is 23.5 Å². The molecule has 3 aromatic carbocycles. The summed E-state index contributed by atoms with van der Waals surface area (Å²) in [6, 6.07) is 20.4. The standard InChI is InChI=1S/C30H32BrCl2N3O4S/c1-41(39,40)36(27-14-8-7-13-24(27)31)20-29(37)35(19-22-15-16-25(32)26(33)17-22)28(18-21-9-3-2-4-10-21)30(38)34-23-11-5-6-12-23/h2-4,7-10,13-17,23,28H,5-6,11-12,18-20H2,1H3,(H,34,38). The molecule has 1 unspecified atom stereocenters. The van der Waals surface area contributed by atoms with E-state index >= 15 is 0 Å². The van der Waals surface area contributed by atoms with E-state index in [1.165, 1.54) is 4.90 Å². The first-order valence-electron chi connectivity index (χ1n) is 13.3. The van der Waals surface area contributed by atoms with Gasteiger partial charge in [-0.3, -0.25) is 13.9 Å². The van der Waals surface area contributed by atoms with Crippen LogP contribution in [-0.2, 0) is 32.6 Å². The van der Waals surface area contributed by atoms with Gasteiger partial charge in [0.25, 0.3) is 0 Å². The van der Waals surface area contributed by atoms with Gasteiger partial charge in [-0.15, -0.1) is 0 Å². The molecule has 1 saturated carbocycles. The summed E-state index contributed by atoms with van der Waals surface area (Å²) in [7, 11) is -3.86. The van der Waals surface area contributed by atoms with E-state index in [1.807, 2.05) is 30.3 Å². The molecule has 218 valence electrons. The predicted octanol–water partition coefficient (Wildman–Crippen LogP) is 6.22. The lowest BCUT2D eigenvalue weighted by molar-refractivity contribution is -0.140. The molecule has 0 radical (unpaired) electrons. The van der Waals surface area contributed by atoms with E-state index in [1.54, 1.807) is 42.5 Å². The highest BCUT2D eigenvalue weighted by Gasteiger charge is 2.34. The molecule has 41 heavy (non-hydrogen) atoms. The monoisotopic (exact) mass is 679 g/mol. The van der Waals surface area contributed by atoms with E-state index < -0.39 is 28.5 Å². The van der Waals surface area contributed by atoms with Crippen molar-refractivity contribution in [3.63, 3.8) is 0 Å². The van der Waals surface area contributed by atoms with Crippen LogP contribution in [0, 0.1) is 0 Å². The fourth-order valence-corrected chi connectivity index (χ4v) is 6.80. The summed E-state index contributed by atoms with van der Waals surface area (Å²) in [6.07, 6.45) is 5.14. The molecule has 7 nitrogen and oxygen atoms in total. The number of para-hydroxylation sites is 1. The normalized spacial score (nSPS) is 14.4. The van der Waals surface area contributed by atoms with Crippen molar-refractivity contribution in [3.05, 3.63) is 98.4 Å². The molecule has 1 aliphatic rings. The lowest BCUT2D eigenvalue weighted by Gasteiger charge is -2.34. The van der Waals surface area contributed by atoms with Crippen molar-refractivity contribution in [2.75, 3.05) is 17.1 Å². The van der Waals surface area contributed by atoms with Gasteiger partial charge in [0.1, 0.15) is 12.6 Å². The van der Waals surface area contributed by atoms with Crippen molar-refractivity contribution < 1.29 is 18.0 Å². The molecule has 4 rings (SSSR count). The number of carbonyl (C=O) groups excluding carboxylic acids is 2. The van der Waals surface area contributed by atoms with Gasteiger partial charge in [-0.25, -0.2) is 8.42 Å². The number of rotatable bonds is 11. The Bertz CT molecular complexity index is 1480. The molecule has 1 atom stereocenters. The molecule has 1 fully saturated rings. The second-order valence-corrected chi connectivity index (χ2v) is 13.8. The van der Waals surface area contributed by atoms with E-state index in [-0.39, 0.29) is 24.9 Å². The molecule has 2 amide bonds. The SMILES string of the molecule is CS(=O)(=O)N(CC(=O)N(Cc1ccc(Cl)c(Cl)c1)C(Cc1ccccc1)C(=O)NC1CCCC1)c1ccccc1Br. The number of nitrogens with zero attached hydrogens (tertiary/aromatic N) is 2. The maximum atomic E-state index is 14.2. The molecule has 3 aromatic rings. The Balaban J connectivity index is 1.74. The second-order valence-electron chi connectivity index (χ2n) is 10.2. The van der Waals surface area contributed by atoms with Crippen LogP contribution in [0.5, 0.6) is 0 Å². The van der Waals surface area contributed by atoms with Gasteiger partial charge in [-0.1, -0.05) is 84.6 Å². The van der Waals surface area contributed by atoms with Crippen molar-refractivity contribution in [2.24, 2.45) is 0 Å². The summed E-state index contributed by atoms with van der Waals surface area (Å²) in [5.74, 6) is -0.805. The number of nitrogens with one attached hydrogen (secondary N) is 1. The number of amides is 2. The van der Waals surface area contributed by atoms with Crippen LogP contribution in [0.1, 0.15) is 36.8 Å². The zero-order valence-corrected chi connectivity index (χ0v) is 26.5. The average Bonchev–Trinajstić information content (AvgIpc) is 3.44. The van der Waals surface area contributed by atoms with Crippen molar-refractivity contribution in [1.29, 1.82) is 0 Å². The van der Waals surface area contributed by atoms with E-state index in [9.17, 15) is 18.0 Å². The Morgan fingerprint density at radius 3 is 2.24 bits per heavy atom. The largest absolute Gasteiger partial charge is 0.352 e. The molecular weight excluding hydrogens is 649 g/mol. The van der Waals surface area contributed by atoms with Gasteiger partial charge in [-0.05, 0) is 64.2 Å². The molecule has 0 heterocycles. The molecular formula is C30H32BrCl2N3O4S. The Kier molecular flexibility index (Phi) is 10.7. The molecule has 0 saturated heterocycles.